The second-order valence-corrected chi connectivity index (χ2v) is 3.64. The standard InChI is InChI=1S/C7H5BrClN3/c1-4-2-6-10-3-5(8)12(6)11-7(4)9/h2-3H,1H3. The summed E-state index contributed by atoms with van der Waals surface area (Å²) in [5, 5.41) is 4.61. The Kier molecular flexibility index (Phi) is 1.81. The Hall–Kier alpha value is -0.610. The van der Waals surface area contributed by atoms with Crippen LogP contribution in [0.15, 0.2) is 16.9 Å². The molecule has 0 bridgehead atoms. The lowest BCUT2D eigenvalue weighted by Gasteiger charge is -1.97. The van der Waals surface area contributed by atoms with Crippen molar-refractivity contribution in [1.82, 2.24) is 14.6 Å². The van der Waals surface area contributed by atoms with E-state index in [9.17, 15) is 0 Å². The van der Waals surface area contributed by atoms with Gasteiger partial charge < -0.3 is 0 Å². The summed E-state index contributed by atoms with van der Waals surface area (Å²) in [4.78, 5) is 4.12. The monoisotopic (exact) mass is 245 g/mol. The fourth-order valence-electron chi connectivity index (χ4n) is 0.955. The van der Waals surface area contributed by atoms with Gasteiger partial charge in [-0.3, -0.25) is 0 Å². The van der Waals surface area contributed by atoms with Crippen LogP contribution in [0.1, 0.15) is 5.56 Å². The summed E-state index contributed by atoms with van der Waals surface area (Å²) < 4.78 is 2.45. The molecule has 62 valence electrons. The fourth-order valence-corrected chi connectivity index (χ4v) is 1.45. The highest BCUT2D eigenvalue weighted by Gasteiger charge is 2.04. The van der Waals surface area contributed by atoms with Gasteiger partial charge in [0, 0.05) is 0 Å². The van der Waals surface area contributed by atoms with Gasteiger partial charge in [0.25, 0.3) is 0 Å². The molecule has 0 aliphatic heterocycles. The van der Waals surface area contributed by atoms with Crippen molar-refractivity contribution in [2.45, 2.75) is 6.92 Å². The number of imidazole rings is 1. The zero-order chi connectivity index (χ0) is 8.72. The Morgan fingerprint density at radius 1 is 1.58 bits per heavy atom. The normalized spacial score (nSPS) is 10.9. The predicted molar refractivity (Wildman–Crippen MR) is 50.4 cm³/mol. The summed E-state index contributed by atoms with van der Waals surface area (Å²) in [5.74, 6) is 0. The van der Waals surface area contributed by atoms with E-state index in [2.05, 4.69) is 26.0 Å². The summed E-state index contributed by atoms with van der Waals surface area (Å²) in [5.41, 5.74) is 1.73. The van der Waals surface area contributed by atoms with Crippen LogP contribution < -0.4 is 0 Å². The number of fused-ring (bicyclic) bond motifs is 1. The average Bonchev–Trinajstić information content (AvgIpc) is 2.35. The van der Waals surface area contributed by atoms with Gasteiger partial charge in [-0.15, -0.1) is 0 Å². The van der Waals surface area contributed by atoms with E-state index in [1.165, 1.54) is 0 Å². The molecule has 0 spiro atoms. The number of aromatic nitrogens is 3. The van der Waals surface area contributed by atoms with Gasteiger partial charge in [-0.2, -0.15) is 5.10 Å². The maximum Gasteiger partial charge on any atom is 0.155 e. The summed E-state index contributed by atoms with van der Waals surface area (Å²) in [7, 11) is 0. The van der Waals surface area contributed by atoms with Crippen LogP contribution >= 0.6 is 27.5 Å². The second kappa shape index (κ2) is 2.71. The van der Waals surface area contributed by atoms with Gasteiger partial charge in [0.05, 0.1) is 6.20 Å². The second-order valence-electron chi connectivity index (χ2n) is 2.47. The molecule has 0 atom stereocenters. The van der Waals surface area contributed by atoms with Crippen molar-refractivity contribution in [2.75, 3.05) is 0 Å². The van der Waals surface area contributed by atoms with Crippen LogP contribution in [0.3, 0.4) is 0 Å². The first kappa shape index (κ1) is 8.01. The molecule has 0 aromatic carbocycles. The highest BCUT2D eigenvalue weighted by Crippen LogP contribution is 2.17. The molecule has 0 saturated carbocycles. The summed E-state index contributed by atoms with van der Waals surface area (Å²) in [6, 6.07) is 1.89. The molecule has 0 unspecified atom stereocenters. The van der Waals surface area contributed by atoms with Crippen molar-refractivity contribution in [2.24, 2.45) is 0 Å². The Morgan fingerprint density at radius 2 is 2.33 bits per heavy atom. The van der Waals surface area contributed by atoms with Crippen LogP contribution in [0.25, 0.3) is 5.65 Å². The van der Waals surface area contributed by atoms with E-state index in [0.29, 0.717) is 5.15 Å². The van der Waals surface area contributed by atoms with Crippen molar-refractivity contribution in [3.05, 3.63) is 27.6 Å². The topological polar surface area (TPSA) is 30.2 Å². The Morgan fingerprint density at radius 3 is 3.08 bits per heavy atom. The van der Waals surface area contributed by atoms with Gasteiger partial charge in [-0.1, -0.05) is 11.6 Å². The third-order valence-corrected chi connectivity index (χ3v) is 2.50. The van der Waals surface area contributed by atoms with E-state index in [4.69, 9.17) is 11.6 Å². The van der Waals surface area contributed by atoms with Crippen molar-refractivity contribution in [3.63, 3.8) is 0 Å². The minimum atomic E-state index is 0.501. The number of nitrogens with zero attached hydrogens (tertiary/aromatic N) is 3. The van der Waals surface area contributed by atoms with Crippen molar-refractivity contribution >= 4 is 33.2 Å². The molecule has 0 saturated heterocycles. The van der Waals surface area contributed by atoms with Crippen LogP contribution in [0, 0.1) is 6.92 Å². The van der Waals surface area contributed by atoms with Gasteiger partial charge in [0.1, 0.15) is 4.60 Å². The Balaban J connectivity index is 2.87. The molecule has 0 aliphatic rings. The minimum Gasteiger partial charge on any atom is -0.234 e. The van der Waals surface area contributed by atoms with Crippen LogP contribution in [-0.2, 0) is 0 Å². The first-order chi connectivity index (χ1) is 5.68. The van der Waals surface area contributed by atoms with Crippen LogP contribution in [-0.4, -0.2) is 14.6 Å². The fraction of sp³-hybridized carbons (Fsp3) is 0.143. The van der Waals surface area contributed by atoms with Crippen molar-refractivity contribution in [1.29, 1.82) is 0 Å². The zero-order valence-corrected chi connectivity index (χ0v) is 8.59. The van der Waals surface area contributed by atoms with Gasteiger partial charge >= 0.3 is 0 Å². The Labute approximate surface area is 82.5 Å². The SMILES string of the molecule is Cc1cc2ncc(Br)n2nc1Cl. The lowest BCUT2D eigenvalue weighted by Crippen LogP contribution is -1.93. The van der Waals surface area contributed by atoms with E-state index in [0.717, 1.165) is 15.8 Å². The highest BCUT2D eigenvalue weighted by atomic mass is 79.9. The summed E-state index contributed by atoms with van der Waals surface area (Å²) in [6.45, 7) is 1.90. The van der Waals surface area contributed by atoms with E-state index in [1.807, 2.05) is 13.0 Å². The van der Waals surface area contributed by atoms with Gasteiger partial charge in [0.15, 0.2) is 10.8 Å². The minimum absolute atomic E-state index is 0.501. The van der Waals surface area contributed by atoms with Crippen molar-refractivity contribution in [3.8, 4) is 0 Å². The zero-order valence-electron chi connectivity index (χ0n) is 6.25. The molecule has 0 amide bonds. The lowest BCUT2D eigenvalue weighted by molar-refractivity contribution is 0.908. The van der Waals surface area contributed by atoms with E-state index < -0.39 is 0 Å². The molecular weight excluding hydrogens is 241 g/mol. The van der Waals surface area contributed by atoms with Crippen LogP contribution in [0.5, 0.6) is 0 Å². The first-order valence-corrected chi connectivity index (χ1v) is 4.52. The third-order valence-electron chi connectivity index (χ3n) is 1.58. The molecule has 0 aliphatic carbocycles. The number of hydrogen-bond acceptors (Lipinski definition) is 2. The predicted octanol–water partition coefficient (Wildman–Crippen LogP) is 2.45. The molecule has 0 radical (unpaired) electrons. The largest absolute Gasteiger partial charge is 0.234 e. The van der Waals surface area contributed by atoms with Gasteiger partial charge in [-0.05, 0) is 34.5 Å². The maximum absolute atomic E-state index is 5.84. The molecule has 5 heteroatoms. The summed E-state index contributed by atoms with van der Waals surface area (Å²) in [6.07, 6.45) is 1.69. The van der Waals surface area contributed by atoms with E-state index in [1.54, 1.807) is 10.7 Å². The number of aryl methyl sites for hydroxylation is 1. The molecule has 0 fully saturated rings. The average molecular weight is 246 g/mol. The van der Waals surface area contributed by atoms with Crippen LogP contribution in [0.4, 0.5) is 0 Å². The van der Waals surface area contributed by atoms with E-state index >= 15 is 0 Å². The number of hydrogen-bond donors (Lipinski definition) is 0. The summed E-state index contributed by atoms with van der Waals surface area (Å²) >= 11 is 9.14. The molecule has 2 heterocycles. The molecule has 2 aromatic heterocycles. The van der Waals surface area contributed by atoms with Crippen molar-refractivity contribution < 1.29 is 0 Å². The molecule has 2 rings (SSSR count). The quantitative estimate of drug-likeness (QED) is 0.715. The maximum atomic E-state index is 5.84. The Bertz CT molecular complexity index is 437. The lowest BCUT2D eigenvalue weighted by atomic mass is 10.3. The first-order valence-electron chi connectivity index (χ1n) is 3.35. The molecular formula is C7H5BrClN3. The number of halogens is 2. The molecule has 3 nitrogen and oxygen atoms in total. The molecule has 12 heavy (non-hydrogen) atoms. The smallest absolute Gasteiger partial charge is 0.155 e. The molecule has 0 N–H and O–H groups in total. The van der Waals surface area contributed by atoms with Crippen LogP contribution in [0.2, 0.25) is 5.15 Å². The third kappa shape index (κ3) is 1.11. The highest BCUT2D eigenvalue weighted by molar-refractivity contribution is 9.10. The van der Waals surface area contributed by atoms with E-state index in [-0.39, 0.29) is 0 Å². The number of rotatable bonds is 0. The molecule has 2 aromatic rings. The van der Waals surface area contributed by atoms with Gasteiger partial charge in [-0.25, -0.2) is 9.50 Å². The van der Waals surface area contributed by atoms with Gasteiger partial charge in [0.2, 0.25) is 0 Å².